The van der Waals surface area contributed by atoms with Gasteiger partial charge in [-0.2, -0.15) is 0 Å². The number of hydrogen-bond acceptors (Lipinski definition) is 3. The normalized spacial score (nSPS) is 12.1. The average molecular weight is 238 g/mol. The van der Waals surface area contributed by atoms with Crippen LogP contribution in [-0.4, -0.2) is 33.9 Å². The van der Waals surface area contributed by atoms with Crippen LogP contribution in [0.25, 0.3) is 0 Å². The van der Waals surface area contributed by atoms with E-state index in [0.717, 1.165) is 0 Å². The van der Waals surface area contributed by atoms with E-state index in [9.17, 15) is 14.7 Å². The van der Waals surface area contributed by atoms with E-state index in [1.54, 1.807) is 13.0 Å². The number of rotatable bonds is 5. The summed E-state index contributed by atoms with van der Waals surface area (Å²) < 4.78 is 0. The Morgan fingerprint density at radius 1 is 1.24 bits per heavy atom. The highest BCUT2D eigenvalue weighted by molar-refractivity contribution is 6.02. The van der Waals surface area contributed by atoms with Gasteiger partial charge in [0.05, 0.1) is 11.1 Å². The maximum atomic E-state index is 11.1. The zero-order valence-electron chi connectivity index (χ0n) is 9.38. The summed E-state index contributed by atoms with van der Waals surface area (Å²) in [6, 6.07) is 4.28. The van der Waals surface area contributed by atoms with E-state index in [-0.39, 0.29) is 23.7 Å². The van der Waals surface area contributed by atoms with Gasteiger partial charge in [-0.25, -0.2) is 9.59 Å². The molecule has 1 aromatic carbocycles. The van der Waals surface area contributed by atoms with E-state index in [0.29, 0.717) is 12.0 Å². The van der Waals surface area contributed by atoms with Gasteiger partial charge in [0.2, 0.25) is 0 Å². The minimum Gasteiger partial charge on any atom is -0.478 e. The van der Waals surface area contributed by atoms with Gasteiger partial charge in [-0.05, 0) is 18.1 Å². The van der Waals surface area contributed by atoms with Crippen molar-refractivity contribution in [2.45, 2.75) is 19.3 Å². The van der Waals surface area contributed by atoms with Crippen molar-refractivity contribution in [3.63, 3.8) is 0 Å². The molecule has 17 heavy (non-hydrogen) atoms. The fourth-order valence-electron chi connectivity index (χ4n) is 1.77. The number of carbonyl (C=O) groups is 2. The molecule has 5 nitrogen and oxygen atoms in total. The van der Waals surface area contributed by atoms with Gasteiger partial charge in [-0.15, -0.1) is 0 Å². The number of aliphatic hydroxyl groups is 1. The molecule has 0 radical (unpaired) electrons. The fraction of sp³-hybridized carbons (Fsp3) is 0.333. The van der Waals surface area contributed by atoms with Crippen molar-refractivity contribution >= 4 is 11.9 Å². The van der Waals surface area contributed by atoms with Gasteiger partial charge in [0, 0.05) is 12.5 Å². The van der Waals surface area contributed by atoms with Crippen LogP contribution >= 0.6 is 0 Å². The average Bonchev–Trinajstić information content (AvgIpc) is 2.30. The van der Waals surface area contributed by atoms with Gasteiger partial charge in [0.15, 0.2) is 0 Å². The summed E-state index contributed by atoms with van der Waals surface area (Å²) in [5, 5.41) is 27.2. The highest BCUT2D eigenvalue weighted by Crippen LogP contribution is 2.25. The zero-order chi connectivity index (χ0) is 13.0. The molecule has 0 amide bonds. The van der Waals surface area contributed by atoms with Crippen LogP contribution in [-0.2, 0) is 0 Å². The van der Waals surface area contributed by atoms with E-state index in [2.05, 4.69) is 0 Å². The second-order valence-electron chi connectivity index (χ2n) is 3.67. The van der Waals surface area contributed by atoms with E-state index >= 15 is 0 Å². The van der Waals surface area contributed by atoms with Gasteiger partial charge < -0.3 is 15.3 Å². The number of carboxylic acid groups (broad SMARTS) is 2. The third-order valence-corrected chi connectivity index (χ3v) is 2.69. The fourth-order valence-corrected chi connectivity index (χ4v) is 1.77. The summed E-state index contributed by atoms with van der Waals surface area (Å²) in [4.78, 5) is 22.1. The molecule has 3 N–H and O–H groups in total. The van der Waals surface area contributed by atoms with Gasteiger partial charge in [-0.3, -0.25) is 0 Å². The molecule has 0 aliphatic rings. The molecule has 0 heterocycles. The zero-order valence-corrected chi connectivity index (χ0v) is 9.38. The van der Waals surface area contributed by atoms with Crippen molar-refractivity contribution < 1.29 is 24.9 Å². The lowest BCUT2D eigenvalue weighted by Crippen LogP contribution is -2.15. The number of hydrogen-bond donors (Lipinski definition) is 3. The largest absolute Gasteiger partial charge is 0.478 e. The molecular weight excluding hydrogens is 224 g/mol. The van der Waals surface area contributed by atoms with Gasteiger partial charge in [0.1, 0.15) is 0 Å². The number of benzene rings is 1. The Morgan fingerprint density at radius 3 is 2.29 bits per heavy atom. The second kappa shape index (κ2) is 5.45. The molecule has 0 bridgehead atoms. The molecule has 0 saturated heterocycles. The molecule has 0 aliphatic carbocycles. The highest BCUT2D eigenvalue weighted by atomic mass is 16.4. The summed E-state index contributed by atoms with van der Waals surface area (Å²) in [5.74, 6) is -2.93. The molecule has 1 unspecified atom stereocenters. The molecule has 0 aromatic heterocycles. The first-order valence-electron chi connectivity index (χ1n) is 5.23. The Balaban J connectivity index is 3.44. The molecule has 0 saturated carbocycles. The molecule has 92 valence electrons. The van der Waals surface area contributed by atoms with Crippen molar-refractivity contribution in [3.8, 4) is 0 Å². The summed E-state index contributed by atoms with van der Waals surface area (Å²) in [6.45, 7) is 1.60. The van der Waals surface area contributed by atoms with E-state index < -0.39 is 11.9 Å². The summed E-state index contributed by atoms with van der Waals surface area (Å²) in [6.07, 6.45) is 0.542. The number of carboxylic acids is 2. The van der Waals surface area contributed by atoms with Crippen molar-refractivity contribution in [1.82, 2.24) is 0 Å². The summed E-state index contributed by atoms with van der Waals surface area (Å²) in [7, 11) is 0. The summed E-state index contributed by atoms with van der Waals surface area (Å²) in [5.41, 5.74) is -0.120. The lowest BCUT2D eigenvalue weighted by atomic mass is 9.90. The van der Waals surface area contributed by atoms with Crippen molar-refractivity contribution in [1.29, 1.82) is 0 Å². The first-order valence-corrected chi connectivity index (χ1v) is 5.23. The Bertz CT molecular complexity index is 435. The van der Waals surface area contributed by atoms with Gasteiger partial charge in [-0.1, -0.05) is 19.1 Å². The van der Waals surface area contributed by atoms with E-state index in [1.807, 2.05) is 0 Å². The molecule has 0 aliphatic heterocycles. The first-order chi connectivity index (χ1) is 8.02. The Kier molecular flexibility index (Phi) is 4.23. The predicted octanol–water partition coefficient (Wildman–Crippen LogP) is 1.57. The Labute approximate surface area is 98.3 Å². The van der Waals surface area contributed by atoms with Crippen molar-refractivity contribution in [2.24, 2.45) is 0 Å². The van der Waals surface area contributed by atoms with Crippen LogP contribution in [0, 0.1) is 0 Å². The molecule has 5 heteroatoms. The van der Waals surface area contributed by atoms with Crippen LogP contribution in [0.4, 0.5) is 0 Å². The van der Waals surface area contributed by atoms with Crippen molar-refractivity contribution in [3.05, 3.63) is 34.9 Å². The molecular formula is C12H14O5. The van der Waals surface area contributed by atoms with Gasteiger partial charge >= 0.3 is 11.9 Å². The molecule has 0 spiro atoms. The van der Waals surface area contributed by atoms with Gasteiger partial charge in [0.25, 0.3) is 0 Å². The highest BCUT2D eigenvalue weighted by Gasteiger charge is 2.23. The van der Waals surface area contributed by atoms with Crippen LogP contribution < -0.4 is 0 Å². The van der Waals surface area contributed by atoms with Crippen LogP contribution in [0.5, 0.6) is 0 Å². The van der Waals surface area contributed by atoms with E-state index in [1.165, 1.54) is 12.1 Å². The van der Waals surface area contributed by atoms with E-state index in [4.69, 9.17) is 10.2 Å². The van der Waals surface area contributed by atoms with Crippen LogP contribution in [0.15, 0.2) is 18.2 Å². The lowest BCUT2D eigenvalue weighted by molar-refractivity contribution is 0.0649. The topological polar surface area (TPSA) is 94.8 Å². The maximum absolute atomic E-state index is 11.1. The van der Waals surface area contributed by atoms with Crippen LogP contribution in [0.2, 0.25) is 0 Å². The smallest absolute Gasteiger partial charge is 0.336 e. The minimum absolute atomic E-state index is 0.208. The SMILES string of the molecule is CCC(CO)c1cccc(C(=O)O)c1C(=O)O. The quantitative estimate of drug-likeness (QED) is 0.723. The monoisotopic (exact) mass is 238 g/mol. The standard InChI is InChI=1S/C12H14O5/c1-2-7(6-13)8-4-3-5-9(11(14)15)10(8)12(16)17/h3-5,7,13H,2,6H2,1H3,(H,14,15)(H,16,17). The third kappa shape index (κ3) is 2.62. The van der Waals surface area contributed by atoms with Crippen molar-refractivity contribution in [2.75, 3.05) is 6.61 Å². The minimum atomic E-state index is -1.29. The Hall–Kier alpha value is -1.88. The predicted molar refractivity (Wildman–Crippen MR) is 60.5 cm³/mol. The number of aliphatic hydroxyl groups excluding tert-OH is 1. The molecule has 1 atom stereocenters. The third-order valence-electron chi connectivity index (χ3n) is 2.69. The number of aromatic carboxylic acids is 2. The lowest BCUT2D eigenvalue weighted by Gasteiger charge is -2.16. The Morgan fingerprint density at radius 2 is 1.88 bits per heavy atom. The molecule has 1 rings (SSSR count). The maximum Gasteiger partial charge on any atom is 0.336 e. The van der Waals surface area contributed by atoms with Crippen LogP contribution in [0.1, 0.15) is 45.5 Å². The first kappa shape index (κ1) is 13.2. The molecule has 1 aromatic rings. The molecule has 0 fully saturated rings. The summed E-state index contributed by atoms with van der Waals surface area (Å²) >= 11 is 0. The van der Waals surface area contributed by atoms with Crippen LogP contribution in [0.3, 0.4) is 0 Å². The second-order valence-corrected chi connectivity index (χ2v) is 3.67.